The van der Waals surface area contributed by atoms with Gasteiger partial charge in [-0.25, -0.2) is 0 Å². The minimum absolute atomic E-state index is 0.0624. The SMILES string of the molecule is CCNc1ccc(Nc2ccc3c(c2)OCC(=O)N3)c(C)c1. The van der Waals surface area contributed by atoms with E-state index < -0.39 is 0 Å². The zero-order chi connectivity index (χ0) is 15.5. The summed E-state index contributed by atoms with van der Waals surface area (Å²) in [6.45, 7) is 5.11. The third kappa shape index (κ3) is 2.98. The number of hydrogen-bond acceptors (Lipinski definition) is 4. The maximum absolute atomic E-state index is 11.3. The lowest BCUT2D eigenvalue weighted by atomic mass is 10.1. The molecule has 22 heavy (non-hydrogen) atoms. The molecule has 0 unspecified atom stereocenters. The van der Waals surface area contributed by atoms with Crippen LogP contribution < -0.4 is 20.7 Å². The monoisotopic (exact) mass is 297 g/mol. The van der Waals surface area contributed by atoms with Gasteiger partial charge in [0.15, 0.2) is 6.61 Å². The molecular formula is C17H19N3O2. The van der Waals surface area contributed by atoms with E-state index >= 15 is 0 Å². The first kappa shape index (κ1) is 14.3. The molecule has 2 aromatic carbocycles. The highest BCUT2D eigenvalue weighted by molar-refractivity contribution is 5.95. The number of hydrogen-bond donors (Lipinski definition) is 3. The fourth-order valence-electron chi connectivity index (χ4n) is 2.43. The van der Waals surface area contributed by atoms with Crippen molar-refractivity contribution in [1.82, 2.24) is 0 Å². The molecule has 1 heterocycles. The van der Waals surface area contributed by atoms with Gasteiger partial charge < -0.3 is 20.7 Å². The van der Waals surface area contributed by atoms with E-state index in [4.69, 9.17) is 4.74 Å². The smallest absolute Gasteiger partial charge is 0.262 e. The van der Waals surface area contributed by atoms with Gasteiger partial charge in [0.05, 0.1) is 5.69 Å². The van der Waals surface area contributed by atoms with Crippen molar-refractivity contribution in [2.45, 2.75) is 13.8 Å². The highest BCUT2D eigenvalue weighted by Crippen LogP contribution is 2.32. The Kier molecular flexibility index (Phi) is 3.87. The van der Waals surface area contributed by atoms with E-state index in [2.05, 4.69) is 41.9 Å². The molecule has 0 aromatic heterocycles. The molecule has 5 nitrogen and oxygen atoms in total. The molecule has 3 N–H and O–H groups in total. The molecule has 0 saturated heterocycles. The van der Waals surface area contributed by atoms with Gasteiger partial charge in [0, 0.05) is 29.7 Å². The number of anilines is 4. The molecule has 0 saturated carbocycles. The van der Waals surface area contributed by atoms with Gasteiger partial charge in [0.25, 0.3) is 5.91 Å². The molecule has 0 atom stereocenters. The summed E-state index contributed by atoms with van der Waals surface area (Å²) >= 11 is 0. The molecule has 114 valence electrons. The molecule has 5 heteroatoms. The highest BCUT2D eigenvalue weighted by Gasteiger charge is 2.16. The Morgan fingerprint density at radius 3 is 2.77 bits per heavy atom. The number of fused-ring (bicyclic) bond motifs is 1. The number of carbonyl (C=O) groups excluding carboxylic acids is 1. The number of ether oxygens (including phenoxy) is 1. The minimum atomic E-state index is -0.122. The maximum atomic E-state index is 11.3. The first-order valence-electron chi connectivity index (χ1n) is 7.34. The van der Waals surface area contributed by atoms with E-state index in [9.17, 15) is 4.79 Å². The predicted octanol–water partition coefficient (Wildman–Crippen LogP) is 3.50. The van der Waals surface area contributed by atoms with Gasteiger partial charge in [0.1, 0.15) is 5.75 Å². The Morgan fingerprint density at radius 1 is 1.18 bits per heavy atom. The molecule has 0 radical (unpaired) electrons. The van der Waals surface area contributed by atoms with Gasteiger partial charge in [-0.2, -0.15) is 0 Å². The summed E-state index contributed by atoms with van der Waals surface area (Å²) in [4.78, 5) is 11.3. The standard InChI is InChI=1S/C17H19N3O2/c1-3-18-12-4-6-14(11(2)8-12)19-13-5-7-15-16(9-13)22-10-17(21)20-15/h4-9,18-19H,3,10H2,1-2H3,(H,20,21). The van der Waals surface area contributed by atoms with Crippen molar-refractivity contribution in [3.8, 4) is 5.75 Å². The van der Waals surface area contributed by atoms with Gasteiger partial charge in [-0.1, -0.05) is 0 Å². The fraction of sp³-hybridized carbons (Fsp3) is 0.235. The summed E-state index contributed by atoms with van der Waals surface area (Å²) in [5, 5.41) is 9.46. The van der Waals surface area contributed by atoms with E-state index in [1.54, 1.807) is 0 Å². The zero-order valence-electron chi connectivity index (χ0n) is 12.7. The number of benzene rings is 2. The first-order chi connectivity index (χ1) is 10.7. The van der Waals surface area contributed by atoms with Crippen molar-refractivity contribution in [3.05, 3.63) is 42.0 Å². The molecule has 0 bridgehead atoms. The number of rotatable bonds is 4. The molecule has 0 spiro atoms. The first-order valence-corrected chi connectivity index (χ1v) is 7.34. The predicted molar refractivity (Wildman–Crippen MR) is 89.2 cm³/mol. The number of amides is 1. The molecule has 2 aromatic rings. The van der Waals surface area contributed by atoms with E-state index in [0.717, 1.165) is 29.2 Å². The van der Waals surface area contributed by atoms with Crippen LogP contribution in [0.2, 0.25) is 0 Å². The van der Waals surface area contributed by atoms with Crippen LogP contribution in [-0.4, -0.2) is 19.1 Å². The fourth-order valence-corrected chi connectivity index (χ4v) is 2.43. The molecule has 1 aliphatic heterocycles. The van der Waals surface area contributed by atoms with Gasteiger partial charge in [0.2, 0.25) is 0 Å². The van der Waals surface area contributed by atoms with E-state index in [1.807, 2.05) is 24.3 Å². The van der Waals surface area contributed by atoms with E-state index in [0.29, 0.717) is 11.4 Å². The summed E-state index contributed by atoms with van der Waals surface area (Å²) in [6.07, 6.45) is 0. The van der Waals surface area contributed by atoms with Crippen LogP contribution in [0.4, 0.5) is 22.7 Å². The van der Waals surface area contributed by atoms with Crippen LogP contribution in [0.5, 0.6) is 5.75 Å². The Morgan fingerprint density at radius 2 is 2.00 bits per heavy atom. The summed E-state index contributed by atoms with van der Waals surface area (Å²) in [7, 11) is 0. The number of carbonyl (C=O) groups is 1. The van der Waals surface area contributed by atoms with Crippen molar-refractivity contribution >= 4 is 28.7 Å². The molecule has 0 fully saturated rings. The summed E-state index contributed by atoms with van der Waals surface area (Å²) in [5.41, 5.74) is 4.95. The van der Waals surface area contributed by atoms with E-state index in [1.165, 1.54) is 0 Å². The average Bonchev–Trinajstić information content (AvgIpc) is 2.50. The van der Waals surface area contributed by atoms with Gasteiger partial charge in [-0.15, -0.1) is 0 Å². The highest BCUT2D eigenvalue weighted by atomic mass is 16.5. The third-order valence-electron chi connectivity index (χ3n) is 3.50. The Labute approximate surface area is 129 Å². The minimum Gasteiger partial charge on any atom is -0.482 e. The van der Waals surface area contributed by atoms with Crippen LogP contribution in [0.15, 0.2) is 36.4 Å². The Bertz CT molecular complexity index is 713. The van der Waals surface area contributed by atoms with Crippen molar-refractivity contribution in [3.63, 3.8) is 0 Å². The largest absolute Gasteiger partial charge is 0.482 e. The third-order valence-corrected chi connectivity index (χ3v) is 3.50. The van der Waals surface area contributed by atoms with Crippen LogP contribution in [0.1, 0.15) is 12.5 Å². The van der Waals surface area contributed by atoms with Gasteiger partial charge in [-0.3, -0.25) is 4.79 Å². The topological polar surface area (TPSA) is 62.4 Å². The van der Waals surface area contributed by atoms with Crippen LogP contribution in [0.3, 0.4) is 0 Å². The zero-order valence-corrected chi connectivity index (χ0v) is 12.7. The molecule has 3 rings (SSSR count). The van der Waals surface area contributed by atoms with Crippen molar-refractivity contribution < 1.29 is 9.53 Å². The number of nitrogens with one attached hydrogen (secondary N) is 3. The second-order valence-corrected chi connectivity index (χ2v) is 5.23. The van der Waals surface area contributed by atoms with Gasteiger partial charge >= 0.3 is 0 Å². The Balaban J connectivity index is 1.80. The summed E-state index contributed by atoms with van der Waals surface area (Å²) < 4.78 is 5.43. The molecular weight excluding hydrogens is 278 g/mol. The average molecular weight is 297 g/mol. The van der Waals surface area contributed by atoms with Crippen molar-refractivity contribution in [1.29, 1.82) is 0 Å². The van der Waals surface area contributed by atoms with Crippen LogP contribution >= 0.6 is 0 Å². The van der Waals surface area contributed by atoms with Crippen LogP contribution in [0, 0.1) is 6.92 Å². The summed E-state index contributed by atoms with van der Waals surface area (Å²) in [5.74, 6) is 0.564. The molecule has 0 aliphatic carbocycles. The lowest BCUT2D eigenvalue weighted by Crippen LogP contribution is -2.25. The maximum Gasteiger partial charge on any atom is 0.262 e. The second kappa shape index (κ2) is 5.97. The number of aryl methyl sites for hydroxylation is 1. The lowest BCUT2D eigenvalue weighted by Gasteiger charge is -2.19. The lowest BCUT2D eigenvalue weighted by molar-refractivity contribution is -0.118. The second-order valence-electron chi connectivity index (χ2n) is 5.23. The molecule has 1 amide bonds. The van der Waals surface area contributed by atoms with Crippen LogP contribution in [-0.2, 0) is 4.79 Å². The normalized spacial score (nSPS) is 12.9. The Hall–Kier alpha value is -2.69. The molecule has 1 aliphatic rings. The van der Waals surface area contributed by atoms with Gasteiger partial charge in [-0.05, 0) is 49.7 Å². The van der Waals surface area contributed by atoms with Crippen LogP contribution in [0.25, 0.3) is 0 Å². The summed E-state index contributed by atoms with van der Waals surface area (Å²) in [6, 6.07) is 11.9. The van der Waals surface area contributed by atoms with Crippen molar-refractivity contribution in [2.75, 3.05) is 29.1 Å². The van der Waals surface area contributed by atoms with E-state index in [-0.39, 0.29) is 12.5 Å². The quantitative estimate of drug-likeness (QED) is 0.808. The van der Waals surface area contributed by atoms with Crippen molar-refractivity contribution in [2.24, 2.45) is 0 Å².